The van der Waals surface area contributed by atoms with Crippen molar-refractivity contribution in [1.82, 2.24) is 0 Å². The van der Waals surface area contributed by atoms with Gasteiger partial charge in [0.2, 0.25) is 0 Å². The fourth-order valence-corrected chi connectivity index (χ4v) is 5.76. The Morgan fingerprint density at radius 1 is 0.962 bits per heavy atom. The maximum Gasteiger partial charge on any atom is 0.262 e. The van der Waals surface area contributed by atoms with Crippen molar-refractivity contribution in [1.29, 1.82) is 0 Å². The molecule has 3 aromatic rings. The summed E-state index contributed by atoms with van der Waals surface area (Å²) < 4.78 is 6.13. The summed E-state index contributed by atoms with van der Waals surface area (Å²) in [4.78, 5) is 12.2. The first-order valence-electron chi connectivity index (χ1n) is 8.52. The minimum atomic E-state index is -0.151. The zero-order valence-corrected chi connectivity index (χ0v) is 15.8. The second kappa shape index (κ2) is 8.06. The number of ether oxygens (including phenoxy) is 1. The molecule has 1 fully saturated rings. The molecule has 132 valence electrons. The van der Waals surface area contributed by atoms with Crippen LogP contribution in [0.25, 0.3) is 10.8 Å². The third-order valence-corrected chi connectivity index (χ3v) is 7.26. The van der Waals surface area contributed by atoms with Crippen LogP contribution in [-0.4, -0.2) is 24.0 Å². The fraction of sp³-hybridized carbons (Fsp3) is 0.190. The van der Waals surface area contributed by atoms with Crippen LogP contribution in [0, 0.1) is 0 Å². The van der Waals surface area contributed by atoms with Gasteiger partial charge in [-0.25, -0.2) is 0 Å². The number of hydrogen-bond acceptors (Lipinski definition) is 4. The van der Waals surface area contributed by atoms with Gasteiger partial charge in [0.05, 0.1) is 4.58 Å². The second-order valence-corrected chi connectivity index (χ2v) is 8.77. The zero-order chi connectivity index (χ0) is 17.8. The van der Waals surface area contributed by atoms with E-state index in [1.165, 1.54) is 17.1 Å². The van der Waals surface area contributed by atoms with E-state index in [0.717, 1.165) is 16.5 Å². The van der Waals surface area contributed by atoms with E-state index in [1.54, 1.807) is 0 Å². The van der Waals surface area contributed by atoms with Crippen LogP contribution in [0.4, 0.5) is 5.69 Å². The summed E-state index contributed by atoms with van der Waals surface area (Å²) >= 11 is 3.91. The van der Waals surface area contributed by atoms with E-state index in [4.69, 9.17) is 4.74 Å². The number of benzene rings is 3. The molecule has 0 unspecified atom stereocenters. The van der Waals surface area contributed by atoms with Gasteiger partial charge in [0.15, 0.2) is 6.61 Å². The number of thioether (sulfide) groups is 2. The normalized spacial score (nSPS) is 14.5. The van der Waals surface area contributed by atoms with Gasteiger partial charge in [-0.1, -0.05) is 42.5 Å². The van der Waals surface area contributed by atoms with E-state index in [-0.39, 0.29) is 12.5 Å². The maximum atomic E-state index is 12.2. The molecule has 0 atom stereocenters. The molecule has 1 amide bonds. The minimum absolute atomic E-state index is 0.00447. The fourth-order valence-electron chi connectivity index (χ4n) is 2.92. The van der Waals surface area contributed by atoms with E-state index in [2.05, 4.69) is 23.5 Å². The van der Waals surface area contributed by atoms with Crippen molar-refractivity contribution in [2.45, 2.75) is 4.58 Å². The lowest BCUT2D eigenvalue weighted by atomic mass is 10.1. The Morgan fingerprint density at radius 3 is 2.62 bits per heavy atom. The van der Waals surface area contributed by atoms with Gasteiger partial charge in [-0.3, -0.25) is 4.79 Å². The number of carbonyl (C=O) groups excluding carboxylic acids is 1. The summed E-state index contributed by atoms with van der Waals surface area (Å²) in [6.45, 7) is -0.00447. The quantitative estimate of drug-likeness (QED) is 0.648. The van der Waals surface area contributed by atoms with Crippen molar-refractivity contribution in [2.24, 2.45) is 0 Å². The minimum Gasteiger partial charge on any atom is -0.484 e. The van der Waals surface area contributed by atoms with Crippen molar-refractivity contribution in [3.63, 3.8) is 0 Å². The van der Waals surface area contributed by atoms with Gasteiger partial charge in [-0.2, -0.15) is 0 Å². The molecule has 0 bridgehead atoms. The van der Waals surface area contributed by atoms with Gasteiger partial charge in [0.1, 0.15) is 5.75 Å². The molecule has 5 heteroatoms. The van der Waals surface area contributed by atoms with Crippen LogP contribution in [0.15, 0.2) is 66.7 Å². The first-order chi connectivity index (χ1) is 12.8. The molecule has 1 heterocycles. The molecular weight excluding hydrogens is 362 g/mol. The molecule has 3 nitrogen and oxygen atoms in total. The number of rotatable bonds is 5. The van der Waals surface area contributed by atoms with E-state index < -0.39 is 0 Å². The predicted octanol–water partition coefficient (Wildman–Crippen LogP) is 5.34. The third-order valence-electron chi connectivity index (χ3n) is 4.16. The average Bonchev–Trinajstić information content (AvgIpc) is 3.21. The first kappa shape index (κ1) is 17.3. The van der Waals surface area contributed by atoms with Crippen LogP contribution in [0.3, 0.4) is 0 Å². The van der Waals surface area contributed by atoms with Gasteiger partial charge >= 0.3 is 0 Å². The molecule has 1 N–H and O–H groups in total. The highest BCUT2D eigenvalue weighted by molar-refractivity contribution is 8.19. The molecule has 1 aliphatic heterocycles. The lowest BCUT2D eigenvalue weighted by Gasteiger charge is -2.12. The van der Waals surface area contributed by atoms with Crippen LogP contribution in [-0.2, 0) is 4.79 Å². The van der Waals surface area contributed by atoms with Crippen molar-refractivity contribution in [3.05, 3.63) is 72.3 Å². The number of carbonyl (C=O) groups is 1. The van der Waals surface area contributed by atoms with Gasteiger partial charge in [0.25, 0.3) is 5.91 Å². The summed E-state index contributed by atoms with van der Waals surface area (Å²) in [6, 6.07) is 22.0. The summed E-state index contributed by atoms with van der Waals surface area (Å²) in [6.07, 6.45) is 0. The van der Waals surface area contributed by atoms with E-state index in [9.17, 15) is 4.79 Å². The van der Waals surface area contributed by atoms with E-state index in [1.807, 2.05) is 72.1 Å². The molecule has 26 heavy (non-hydrogen) atoms. The van der Waals surface area contributed by atoms with E-state index >= 15 is 0 Å². The summed E-state index contributed by atoms with van der Waals surface area (Å²) in [5, 5.41) is 5.19. The molecule has 0 saturated carbocycles. The SMILES string of the molecule is O=C(COc1ccc2ccccc2c1)Nc1cccc(C2SCCS2)c1. The van der Waals surface area contributed by atoms with Crippen LogP contribution in [0.5, 0.6) is 5.75 Å². The van der Waals surface area contributed by atoms with Crippen LogP contribution < -0.4 is 10.1 Å². The predicted molar refractivity (Wildman–Crippen MR) is 112 cm³/mol. The molecular formula is C21H19NO2S2. The Hall–Kier alpha value is -2.11. The Balaban J connectivity index is 1.36. The molecule has 0 aliphatic carbocycles. The lowest BCUT2D eigenvalue weighted by molar-refractivity contribution is -0.118. The number of hydrogen-bond donors (Lipinski definition) is 1. The smallest absolute Gasteiger partial charge is 0.262 e. The van der Waals surface area contributed by atoms with Crippen molar-refractivity contribution >= 4 is 45.9 Å². The second-order valence-electron chi connectivity index (χ2n) is 6.04. The Labute approximate surface area is 161 Å². The molecule has 1 saturated heterocycles. The first-order valence-corrected chi connectivity index (χ1v) is 10.6. The lowest BCUT2D eigenvalue weighted by Crippen LogP contribution is -2.20. The van der Waals surface area contributed by atoms with Gasteiger partial charge in [0, 0.05) is 17.2 Å². The number of anilines is 1. The zero-order valence-electron chi connectivity index (χ0n) is 14.2. The maximum absolute atomic E-state index is 12.2. The number of nitrogens with one attached hydrogen (secondary N) is 1. The van der Waals surface area contributed by atoms with E-state index in [0.29, 0.717) is 10.3 Å². The summed E-state index contributed by atoms with van der Waals surface area (Å²) in [5.41, 5.74) is 2.08. The highest BCUT2D eigenvalue weighted by Crippen LogP contribution is 2.45. The molecule has 4 rings (SSSR count). The summed E-state index contributed by atoms with van der Waals surface area (Å²) in [5.74, 6) is 2.92. The van der Waals surface area contributed by atoms with Crippen LogP contribution >= 0.6 is 23.5 Å². The Kier molecular flexibility index (Phi) is 5.37. The number of amides is 1. The molecule has 3 aromatic carbocycles. The third kappa shape index (κ3) is 4.17. The highest BCUT2D eigenvalue weighted by Gasteiger charge is 2.18. The largest absolute Gasteiger partial charge is 0.484 e. The number of fused-ring (bicyclic) bond motifs is 1. The molecule has 0 spiro atoms. The summed E-state index contributed by atoms with van der Waals surface area (Å²) in [7, 11) is 0. The standard InChI is InChI=1S/C21H19NO2S2/c23-20(14-24-19-9-8-15-4-1-2-5-16(15)13-19)22-18-7-3-6-17(12-18)21-25-10-11-26-21/h1-9,12-13,21H,10-11,14H2,(H,22,23). The topological polar surface area (TPSA) is 38.3 Å². The van der Waals surface area contributed by atoms with Gasteiger partial charge in [-0.15, -0.1) is 23.5 Å². The molecule has 0 aromatic heterocycles. The molecule has 1 aliphatic rings. The average molecular weight is 382 g/mol. The van der Waals surface area contributed by atoms with Crippen LogP contribution in [0.1, 0.15) is 10.1 Å². The van der Waals surface area contributed by atoms with Crippen molar-refractivity contribution in [2.75, 3.05) is 23.4 Å². The monoisotopic (exact) mass is 381 g/mol. The highest BCUT2D eigenvalue weighted by atomic mass is 32.2. The van der Waals surface area contributed by atoms with Gasteiger partial charge < -0.3 is 10.1 Å². The van der Waals surface area contributed by atoms with Crippen molar-refractivity contribution < 1.29 is 9.53 Å². The Morgan fingerprint density at radius 2 is 1.77 bits per heavy atom. The Bertz CT molecular complexity index is 923. The van der Waals surface area contributed by atoms with Gasteiger partial charge in [-0.05, 0) is 40.6 Å². The van der Waals surface area contributed by atoms with Crippen LogP contribution in [0.2, 0.25) is 0 Å². The van der Waals surface area contributed by atoms with Crippen molar-refractivity contribution in [3.8, 4) is 5.75 Å². The molecule has 0 radical (unpaired) electrons.